The van der Waals surface area contributed by atoms with E-state index < -0.39 is 0 Å². The number of carbonyl (C=O) groups is 1. The van der Waals surface area contributed by atoms with E-state index in [1.165, 1.54) is 18.4 Å². The maximum atomic E-state index is 12.9. The van der Waals surface area contributed by atoms with Crippen LogP contribution in [0.3, 0.4) is 0 Å². The van der Waals surface area contributed by atoms with Gasteiger partial charge in [0.05, 0.1) is 12.1 Å². The van der Waals surface area contributed by atoms with Gasteiger partial charge in [0, 0.05) is 18.2 Å². The summed E-state index contributed by atoms with van der Waals surface area (Å²) >= 11 is 0. The lowest BCUT2D eigenvalue weighted by molar-refractivity contribution is -0.121. The molecular formula is C17H22Cl2FN3O2. The van der Waals surface area contributed by atoms with Crippen molar-refractivity contribution >= 4 is 30.7 Å². The van der Waals surface area contributed by atoms with Gasteiger partial charge in [-0.1, -0.05) is 6.92 Å². The maximum absolute atomic E-state index is 12.9. The molecule has 5 nitrogen and oxygen atoms in total. The minimum atomic E-state index is -0.310. The summed E-state index contributed by atoms with van der Waals surface area (Å²) in [6.07, 6.45) is 2.71. The lowest BCUT2D eigenvalue weighted by Crippen LogP contribution is -2.50. The second kappa shape index (κ2) is 9.75. The van der Waals surface area contributed by atoms with E-state index in [-0.39, 0.29) is 49.0 Å². The number of piperidine rings is 1. The summed E-state index contributed by atoms with van der Waals surface area (Å²) in [6.45, 7) is 3.94. The lowest BCUT2D eigenvalue weighted by Gasteiger charge is -2.30. The molecule has 1 fully saturated rings. The average Bonchev–Trinajstić information content (AvgIpc) is 2.98. The minimum absolute atomic E-state index is 0. The summed E-state index contributed by atoms with van der Waals surface area (Å²) < 4.78 is 18.3. The van der Waals surface area contributed by atoms with Crippen LogP contribution in [0.1, 0.15) is 19.0 Å². The molecule has 2 atom stereocenters. The van der Waals surface area contributed by atoms with Gasteiger partial charge in [-0.05, 0) is 43.1 Å². The highest BCUT2D eigenvalue weighted by atomic mass is 35.5. The number of benzene rings is 1. The van der Waals surface area contributed by atoms with Crippen molar-refractivity contribution in [3.8, 4) is 11.5 Å². The van der Waals surface area contributed by atoms with Crippen LogP contribution in [0.25, 0.3) is 11.5 Å². The number of oxazole rings is 1. The van der Waals surface area contributed by atoms with Crippen molar-refractivity contribution in [3.63, 3.8) is 0 Å². The molecule has 25 heavy (non-hydrogen) atoms. The molecule has 1 saturated heterocycles. The molecule has 1 amide bonds. The Morgan fingerprint density at radius 3 is 2.76 bits per heavy atom. The van der Waals surface area contributed by atoms with E-state index in [1.807, 2.05) is 0 Å². The SMILES string of the molecule is CC1CCNCC1NC(=O)Cc1coc(-c2ccc(F)cc2)n1.Cl.Cl. The van der Waals surface area contributed by atoms with Crippen molar-refractivity contribution in [3.05, 3.63) is 42.0 Å². The highest BCUT2D eigenvalue weighted by molar-refractivity contribution is 5.85. The van der Waals surface area contributed by atoms with Crippen LogP contribution in [0.2, 0.25) is 0 Å². The highest BCUT2D eigenvalue weighted by Crippen LogP contribution is 2.19. The van der Waals surface area contributed by atoms with E-state index >= 15 is 0 Å². The standard InChI is InChI=1S/C17H20FN3O2.2ClH/c1-11-6-7-19-9-15(11)21-16(22)8-14-10-23-17(20-14)12-2-4-13(18)5-3-12;;/h2-5,10-11,15,19H,6-9H2,1H3,(H,21,22);2*1H. The maximum Gasteiger partial charge on any atom is 0.226 e. The zero-order valence-corrected chi connectivity index (χ0v) is 15.5. The molecule has 2 N–H and O–H groups in total. The predicted octanol–water partition coefficient (Wildman–Crippen LogP) is 2.98. The van der Waals surface area contributed by atoms with Gasteiger partial charge in [0.1, 0.15) is 12.1 Å². The number of hydrogen-bond acceptors (Lipinski definition) is 4. The van der Waals surface area contributed by atoms with E-state index in [9.17, 15) is 9.18 Å². The number of aromatic nitrogens is 1. The largest absolute Gasteiger partial charge is 0.444 e. The van der Waals surface area contributed by atoms with Gasteiger partial charge in [-0.15, -0.1) is 24.8 Å². The van der Waals surface area contributed by atoms with E-state index in [0.29, 0.717) is 23.1 Å². The van der Waals surface area contributed by atoms with Crippen LogP contribution >= 0.6 is 24.8 Å². The Morgan fingerprint density at radius 1 is 1.36 bits per heavy atom. The molecular weight excluding hydrogens is 368 g/mol. The van der Waals surface area contributed by atoms with Crippen molar-refractivity contribution in [1.29, 1.82) is 0 Å². The molecule has 0 aliphatic carbocycles. The molecule has 1 aromatic heterocycles. The molecule has 0 saturated carbocycles. The number of carbonyl (C=O) groups excluding carboxylic acids is 1. The van der Waals surface area contributed by atoms with Gasteiger partial charge in [-0.25, -0.2) is 9.37 Å². The smallest absolute Gasteiger partial charge is 0.226 e. The summed E-state index contributed by atoms with van der Waals surface area (Å²) in [5.74, 6) is 0.479. The van der Waals surface area contributed by atoms with E-state index in [4.69, 9.17) is 4.42 Å². The summed E-state index contributed by atoms with van der Waals surface area (Å²) in [5, 5.41) is 6.33. The topological polar surface area (TPSA) is 67.2 Å². The Morgan fingerprint density at radius 2 is 2.08 bits per heavy atom. The number of nitrogens with one attached hydrogen (secondary N) is 2. The average molecular weight is 390 g/mol. The fourth-order valence-corrected chi connectivity index (χ4v) is 2.72. The van der Waals surface area contributed by atoms with Crippen molar-refractivity contribution in [2.75, 3.05) is 13.1 Å². The van der Waals surface area contributed by atoms with Gasteiger partial charge in [-0.2, -0.15) is 0 Å². The minimum Gasteiger partial charge on any atom is -0.444 e. The highest BCUT2D eigenvalue weighted by Gasteiger charge is 2.23. The fraction of sp³-hybridized carbons (Fsp3) is 0.412. The molecule has 2 aromatic rings. The van der Waals surface area contributed by atoms with Crippen molar-refractivity contribution in [2.24, 2.45) is 5.92 Å². The molecule has 3 rings (SSSR count). The van der Waals surface area contributed by atoms with Gasteiger partial charge in [0.2, 0.25) is 11.8 Å². The first-order valence-corrected chi connectivity index (χ1v) is 7.82. The molecule has 0 spiro atoms. The number of amides is 1. The number of rotatable bonds is 4. The number of nitrogens with zero attached hydrogens (tertiary/aromatic N) is 1. The third kappa shape index (κ3) is 5.70. The third-order valence-corrected chi connectivity index (χ3v) is 4.16. The van der Waals surface area contributed by atoms with Crippen molar-refractivity contribution in [2.45, 2.75) is 25.8 Å². The Kier molecular flexibility index (Phi) is 8.35. The molecule has 138 valence electrons. The fourth-order valence-electron chi connectivity index (χ4n) is 2.72. The van der Waals surface area contributed by atoms with Gasteiger partial charge in [-0.3, -0.25) is 4.79 Å². The second-order valence-electron chi connectivity index (χ2n) is 5.97. The second-order valence-corrected chi connectivity index (χ2v) is 5.97. The van der Waals surface area contributed by atoms with Crippen LogP contribution in [0.15, 0.2) is 34.9 Å². The Hall–Kier alpha value is -1.63. The van der Waals surface area contributed by atoms with Gasteiger partial charge in [0.25, 0.3) is 0 Å². The first-order valence-electron chi connectivity index (χ1n) is 7.82. The zero-order chi connectivity index (χ0) is 16.2. The van der Waals surface area contributed by atoms with Crippen LogP contribution in [-0.4, -0.2) is 30.0 Å². The van der Waals surface area contributed by atoms with E-state index in [1.54, 1.807) is 12.1 Å². The van der Waals surface area contributed by atoms with Crippen molar-refractivity contribution < 1.29 is 13.6 Å². The Labute approximate surface area is 158 Å². The molecule has 0 bridgehead atoms. The number of hydrogen-bond donors (Lipinski definition) is 2. The Bertz CT molecular complexity index is 679. The van der Waals surface area contributed by atoms with Crippen LogP contribution in [0.4, 0.5) is 4.39 Å². The van der Waals surface area contributed by atoms with Crippen LogP contribution in [0.5, 0.6) is 0 Å². The summed E-state index contributed by atoms with van der Waals surface area (Å²) in [6, 6.07) is 6.05. The molecule has 1 aliphatic heterocycles. The van der Waals surface area contributed by atoms with Crippen molar-refractivity contribution in [1.82, 2.24) is 15.6 Å². The monoisotopic (exact) mass is 389 g/mol. The van der Waals surface area contributed by atoms with Crippen LogP contribution in [-0.2, 0) is 11.2 Å². The first-order chi connectivity index (χ1) is 11.1. The summed E-state index contributed by atoms with van der Waals surface area (Å²) in [5.41, 5.74) is 1.25. The normalized spacial score (nSPS) is 19.4. The predicted molar refractivity (Wildman–Crippen MR) is 98.7 cm³/mol. The van der Waals surface area contributed by atoms with Gasteiger partial charge in [0.15, 0.2) is 0 Å². The zero-order valence-electron chi connectivity index (χ0n) is 13.8. The molecule has 2 unspecified atom stereocenters. The van der Waals surface area contributed by atoms with E-state index in [0.717, 1.165) is 19.5 Å². The molecule has 1 aromatic carbocycles. The Balaban J connectivity index is 0.00000156. The van der Waals surface area contributed by atoms with Gasteiger partial charge >= 0.3 is 0 Å². The van der Waals surface area contributed by atoms with Crippen LogP contribution in [0, 0.1) is 11.7 Å². The molecule has 1 aliphatic rings. The quantitative estimate of drug-likeness (QED) is 0.843. The van der Waals surface area contributed by atoms with Crippen LogP contribution < -0.4 is 10.6 Å². The third-order valence-electron chi connectivity index (χ3n) is 4.16. The van der Waals surface area contributed by atoms with Gasteiger partial charge < -0.3 is 15.1 Å². The molecule has 2 heterocycles. The van der Waals surface area contributed by atoms with E-state index in [2.05, 4.69) is 22.5 Å². The molecule has 0 radical (unpaired) electrons. The summed E-state index contributed by atoms with van der Waals surface area (Å²) in [7, 11) is 0. The number of halogens is 3. The summed E-state index contributed by atoms with van der Waals surface area (Å²) in [4.78, 5) is 16.4. The molecule has 8 heteroatoms. The lowest BCUT2D eigenvalue weighted by atomic mass is 9.95. The first kappa shape index (κ1) is 21.4.